The first kappa shape index (κ1) is 17.1. The zero-order valence-corrected chi connectivity index (χ0v) is 16.0. The van der Waals surface area contributed by atoms with Crippen LogP contribution in [0.1, 0.15) is 35.7 Å². The number of rotatable bonds is 3. The summed E-state index contributed by atoms with van der Waals surface area (Å²) >= 11 is 0. The number of H-pyrrole nitrogens is 1. The molecule has 0 aliphatic carbocycles. The Morgan fingerprint density at radius 3 is 2.70 bits per heavy atom. The summed E-state index contributed by atoms with van der Waals surface area (Å²) < 4.78 is 1.60. The number of fused-ring (bicyclic) bond motifs is 2. The van der Waals surface area contributed by atoms with Crippen LogP contribution < -0.4 is 10.9 Å². The molecule has 138 valence electrons. The van der Waals surface area contributed by atoms with Gasteiger partial charge in [-0.25, -0.2) is 19.9 Å². The Morgan fingerprint density at radius 2 is 1.93 bits per heavy atom. The molecule has 4 rings (SSSR count). The topological polar surface area (TPSA) is 101 Å². The second-order valence-electron chi connectivity index (χ2n) is 6.82. The molecule has 0 spiro atoms. The van der Waals surface area contributed by atoms with Gasteiger partial charge in [0.15, 0.2) is 11.5 Å². The maximum atomic E-state index is 13.0. The summed E-state index contributed by atoms with van der Waals surface area (Å²) in [6.45, 7) is 7.73. The average Bonchev–Trinajstić information content (AvgIpc) is 3.09. The molecule has 8 nitrogen and oxygen atoms in total. The zero-order valence-electron chi connectivity index (χ0n) is 16.0. The van der Waals surface area contributed by atoms with Gasteiger partial charge in [-0.3, -0.25) is 9.36 Å². The minimum atomic E-state index is -0.247. The van der Waals surface area contributed by atoms with Gasteiger partial charge in [0.2, 0.25) is 0 Å². The van der Waals surface area contributed by atoms with E-state index in [1.54, 1.807) is 17.9 Å². The predicted octanol–water partition coefficient (Wildman–Crippen LogP) is 2.70. The number of aromatic amines is 1. The Hall–Kier alpha value is -3.29. The van der Waals surface area contributed by atoms with Crippen LogP contribution in [0.25, 0.3) is 22.1 Å². The third-order valence-electron chi connectivity index (χ3n) is 4.94. The Kier molecular flexibility index (Phi) is 3.91. The van der Waals surface area contributed by atoms with E-state index in [1.807, 2.05) is 39.8 Å². The molecule has 0 saturated carbocycles. The highest BCUT2D eigenvalue weighted by Gasteiger charge is 2.18. The standard InChI is InChI=1S/C19H21N7O/c1-9-6-7-13-14(10(9)2)19(27)26(5)18(25-13)11(3)22-17-15-16(21-8-20-15)23-12(4)24-17/h6-8,11H,1-5H3,(H2,20,21,22,23,24). The van der Waals surface area contributed by atoms with Gasteiger partial charge in [-0.1, -0.05) is 6.07 Å². The third kappa shape index (κ3) is 2.73. The Balaban J connectivity index is 1.82. The fraction of sp³-hybridized carbons (Fsp3) is 0.316. The van der Waals surface area contributed by atoms with Crippen LogP contribution in [0.3, 0.4) is 0 Å². The van der Waals surface area contributed by atoms with Gasteiger partial charge in [0.1, 0.15) is 17.2 Å². The van der Waals surface area contributed by atoms with Crippen LogP contribution in [0.2, 0.25) is 0 Å². The first-order valence-electron chi connectivity index (χ1n) is 8.78. The predicted molar refractivity (Wildman–Crippen MR) is 105 cm³/mol. The molecule has 0 fully saturated rings. The van der Waals surface area contributed by atoms with Crippen LogP contribution in [-0.4, -0.2) is 29.5 Å². The Bertz CT molecular complexity index is 1240. The molecule has 0 bridgehead atoms. The smallest absolute Gasteiger partial charge is 0.261 e. The summed E-state index contributed by atoms with van der Waals surface area (Å²) in [6, 6.07) is 3.64. The highest BCUT2D eigenvalue weighted by molar-refractivity contribution is 5.83. The van der Waals surface area contributed by atoms with Crippen molar-refractivity contribution in [2.75, 3.05) is 5.32 Å². The summed E-state index contributed by atoms with van der Waals surface area (Å²) in [5.41, 5.74) is 4.03. The van der Waals surface area contributed by atoms with Crippen LogP contribution in [0.4, 0.5) is 5.82 Å². The molecule has 1 atom stereocenters. The average molecular weight is 363 g/mol. The van der Waals surface area contributed by atoms with Gasteiger partial charge in [0.05, 0.1) is 23.3 Å². The van der Waals surface area contributed by atoms with Gasteiger partial charge in [0, 0.05) is 7.05 Å². The van der Waals surface area contributed by atoms with Gasteiger partial charge in [-0.15, -0.1) is 0 Å². The molecule has 0 radical (unpaired) electrons. The largest absolute Gasteiger partial charge is 0.358 e. The van der Waals surface area contributed by atoms with E-state index < -0.39 is 0 Å². The van der Waals surface area contributed by atoms with Crippen LogP contribution >= 0.6 is 0 Å². The number of nitrogens with zero attached hydrogens (tertiary/aromatic N) is 5. The van der Waals surface area contributed by atoms with E-state index in [9.17, 15) is 4.79 Å². The molecule has 1 aromatic carbocycles. The number of aromatic nitrogens is 6. The first-order chi connectivity index (χ1) is 12.9. The lowest BCUT2D eigenvalue weighted by molar-refractivity contribution is 0.682. The van der Waals surface area contributed by atoms with Crippen molar-refractivity contribution in [1.29, 1.82) is 0 Å². The van der Waals surface area contributed by atoms with Gasteiger partial charge in [-0.2, -0.15) is 0 Å². The minimum absolute atomic E-state index is 0.0476. The molecular formula is C19H21N7O. The molecule has 8 heteroatoms. The van der Waals surface area contributed by atoms with Crippen LogP contribution in [0, 0.1) is 20.8 Å². The molecule has 3 heterocycles. The summed E-state index contributed by atoms with van der Waals surface area (Å²) in [5, 5.41) is 4.00. The quantitative estimate of drug-likeness (QED) is 0.580. The van der Waals surface area contributed by atoms with Gasteiger partial charge >= 0.3 is 0 Å². The molecular weight excluding hydrogens is 342 g/mol. The minimum Gasteiger partial charge on any atom is -0.358 e. The number of anilines is 1. The number of hydrogen-bond donors (Lipinski definition) is 2. The Morgan fingerprint density at radius 1 is 1.15 bits per heavy atom. The lowest BCUT2D eigenvalue weighted by Crippen LogP contribution is -2.27. The maximum absolute atomic E-state index is 13.0. The molecule has 3 aromatic heterocycles. The lowest BCUT2D eigenvalue weighted by Gasteiger charge is -2.18. The number of benzene rings is 1. The fourth-order valence-electron chi connectivity index (χ4n) is 3.34. The second kappa shape index (κ2) is 6.15. The van der Waals surface area contributed by atoms with Crippen molar-refractivity contribution in [3.8, 4) is 0 Å². The molecule has 27 heavy (non-hydrogen) atoms. The summed E-state index contributed by atoms with van der Waals surface area (Å²) in [6.07, 6.45) is 1.59. The number of hydrogen-bond acceptors (Lipinski definition) is 6. The van der Waals surface area contributed by atoms with E-state index in [1.165, 1.54) is 0 Å². The molecule has 0 aliphatic rings. The van der Waals surface area contributed by atoms with Crippen molar-refractivity contribution >= 4 is 27.9 Å². The molecule has 0 amide bonds. The SMILES string of the molecule is Cc1nc(NC(C)c2nc3ccc(C)c(C)c3c(=O)n2C)c2nc[nH]c2n1. The van der Waals surface area contributed by atoms with Crippen molar-refractivity contribution in [3.05, 3.63) is 51.6 Å². The van der Waals surface area contributed by atoms with E-state index in [0.717, 1.165) is 11.1 Å². The van der Waals surface area contributed by atoms with Crippen molar-refractivity contribution in [1.82, 2.24) is 29.5 Å². The molecule has 1 unspecified atom stereocenters. The van der Waals surface area contributed by atoms with Crippen molar-refractivity contribution in [2.45, 2.75) is 33.7 Å². The van der Waals surface area contributed by atoms with Crippen LogP contribution in [0.5, 0.6) is 0 Å². The van der Waals surface area contributed by atoms with E-state index in [4.69, 9.17) is 4.98 Å². The molecule has 0 saturated heterocycles. The normalized spacial score (nSPS) is 12.6. The molecule has 2 N–H and O–H groups in total. The fourth-order valence-corrected chi connectivity index (χ4v) is 3.34. The van der Waals surface area contributed by atoms with E-state index in [-0.39, 0.29) is 11.6 Å². The van der Waals surface area contributed by atoms with Crippen LogP contribution in [0.15, 0.2) is 23.3 Å². The van der Waals surface area contributed by atoms with Gasteiger partial charge in [0.25, 0.3) is 5.56 Å². The first-order valence-corrected chi connectivity index (χ1v) is 8.78. The number of aryl methyl sites for hydroxylation is 3. The second-order valence-corrected chi connectivity index (χ2v) is 6.82. The monoisotopic (exact) mass is 363 g/mol. The van der Waals surface area contributed by atoms with E-state index >= 15 is 0 Å². The van der Waals surface area contributed by atoms with Gasteiger partial charge in [-0.05, 0) is 44.9 Å². The van der Waals surface area contributed by atoms with Crippen molar-refractivity contribution in [2.24, 2.45) is 7.05 Å². The van der Waals surface area contributed by atoms with Crippen molar-refractivity contribution < 1.29 is 0 Å². The van der Waals surface area contributed by atoms with Crippen LogP contribution in [-0.2, 0) is 7.05 Å². The summed E-state index contributed by atoms with van der Waals surface area (Å²) in [5.74, 6) is 1.88. The number of imidazole rings is 1. The number of nitrogens with one attached hydrogen (secondary N) is 2. The summed E-state index contributed by atoms with van der Waals surface area (Å²) in [7, 11) is 1.75. The lowest BCUT2D eigenvalue weighted by atomic mass is 10.1. The zero-order chi connectivity index (χ0) is 19.3. The van der Waals surface area contributed by atoms with Crippen molar-refractivity contribution in [3.63, 3.8) is 0 Å². The Labute approximate surface area is 155 Å². The molecule has 4 aromatic rings. The van der Waals surface area contributed by atoms with E-state index in [0.29, 0.717) is 39.5 Å². The third-order valence-corrected chi connectivity index (χ3v) is 4.94. The highest BCUT2D eigenvalue weighted by atomic mass is 16.1. The molecule has 0 aliphatic heterocycles. The van der Waals surface area contributed by atoms with Gasteiger partial charge < -0.3 is 10.3 Å². The maximum Gasteiger partial charge on any atom is 0.261 e. The highest BCUT2D eigenvalue weighted by Crippen LogP contribution is 2.23. The van der Waals surface area contributed by atoms with E-state index in [2.05, 4.69) is 25.3 Å². The summed E-state index contributed by atoms with van der Waals surface area (Å²) in [4.78, 5) is 33.8.